The van der Waals surface area contributed by atoms with E-state index in [2.05, 4.69) is 6.92 Å². The van der Waals surface area contributed by atoms with Crippen LogP contribution in [-0.4, -0.2) is 0 Å². The Morgan fingerprint density at radius 1 is 1.13 bits per heavy atom. The van der Waals surface area contributed by atoms with Crippen molar-refractivity contribution in [2.75, 3.05) is 0 Å². The topological polar surface area (TPSA) is 26.0 Å². The van der Waals surface area contributed by atoms with Gasteiger partial charge in [0.15, 0.2) is 0 Å². The third-order valence-electron chi connectivity index (χ3n) is 2.43. The Morgan fingerprint density at radius 3 is 2.27 bits per heavy atom. The highest BCUT2D eigenvalue weighted by Crippen LogP contribution is 2.25. The zero-order valence-corrected chi connectivity index (χ0v) is 10.5. The summed E-state index contributed by atoms with van der Waals surface area (Å²) < 4.78 is 0. The molecule has 1 aromatic carbocycles. The smallest absolute Gasteiger partial charge is 0.0424 e. The van der Waals surface area contributed by atoms with Crippen LogP contribution >= 0.6 is 23.2 Å². The highest BCUT2D eigenvalue weighted by atomic mass is 35.5. The number of unbranched alkanes of at least 4 members (excludes halogenated alkanes) is 2. The zero-order valence-electron chi connectivity index (χ0n) is 8.97. The first-order valence-electron chi connectivity index (χ1n) is 5.35. The molecule has 0 aromatic heterocycles. The van der Waals surface area contributed by atoms with Crippen molar-refractivity contribution in [3.05, 3.63) is 33.8 Å². The number of nitrogens with two attached hydrogens (primary N) is 1. The second-order valence-electron chi connectivity index (χ2n) is 3.81. The molecule has 0 amide bonds. The summed E-state index contributed by atoms with van der Waals surface area (Å²) in [5, 5.41) is 1.31. The largest absolute Gasteiger partial charge is 0.324 e. The van der Waals surface area contributed by atoms with Crippen LogP contribution < -0.4 is 5.73 Å². The molecule has 0 saturated heterocycles. The minimum absolute atomic E-state index is 0.0488. The molecule has 1 atom stereocenters. The van der Waals surface area contributed by atoms with Crippen molar-refractivity contribution in [2.24, 2.45) is 5.73 Å². The average Bonchev–Trinajstić information content (AvgIpc) is 2.16. The second kappa shape index (κ2) is 6.37. The van der Waals surface area contributed by atoms with Crippen LogP contribution in [0.15, 0.2) is 18.2 Å². The number of rotatable bonds is 5. The lowest BCUT2D eigenvalue weighted by atomic mass is 10.0. The molecule has 2 N–H and O–H groups in total. The van der Waals surface area contributed by atoms with Crippen LogP contribution in [0.5, 0.6) is 0 Å². The van der Waals surface area contributed by atoms with Crippen LogP contribution in [-0.2, 0) is 0 Å². The van der Waals surface area contributed by atoms with E-state index >= 15 is 0 Å². The van der Waals surface area contributed by atoms with Crippen LogP contribution in [0.3, 0.4) is 0 Å². The highest BCUT2D eigenvalue weighted by Gasteiger charge is 2.07. The molecule has 0 saturated carbocycles. The molecular formula is C12H17Cl2N. The third-order valence-corrected chi connectivity index (χ3v) is 2.87. The zero-order chi connectivity index (χ0) is 11.3. The molecule has 0 heterocycles. The van der Waals surface area contributed by atoms with Crippen LogP contribution in [0.25, 0.3) is 0 Å². The monoisotopic (exact) mass is 245 g/mol. The summed E-state index contributed by atoms with van der Waals surface area (Å²) in [6.45, 7) is 2.18. The summed E-state index contributed by atoms with van der Waals surface area (Å²) in [5.74, 6) is 0. The summed E-state index contributed by atoms with van der Waals surface area (Å²) in [4.78, 5) is 0. The van der Waals surface area contributed by atoms with Crippen molar-refractivity contribution in [3.63, 3.8) is 0 Å². The van der Waals surface area contributed by atoms with E-state index in [-0.39, 0.29) is 6.04 Å². The van der Waals surface area contributed by atoms with Gasteiger partial charge in [-0.1, -0.05) is 49.4 Å². The van der Waals surface area contributed by atoms with Gasteiger partial charge in [0.25, 0.3) is 0 Å². The van der Waals surface area contributed by atoms with Gasteiger partial charge in [0.05, 0.1) is 0 Å². The lowest BCUT2D eigenvalue weighted by Gasteiger charge is -2.12. The molecule has 15 heavy (non-hydrogen) atoms. The van der Waals surface area contributed by atoms with Crippen molar-refractivity contribution in [1.82, 2.24) is 0 Å². The molecule has 0 spiro atoms. The fourth-order valence-electron chi connectivity index (χ4n) is 1.57. The van der Waals surface area contributed by atoms with Gasteiger partial charge in [-0.25, -0.2) is 0 Å². The number of halogens is 2. The van der Waals surface area contributed by atoms with Gasteiger partial charge in [-0.05, 0) is 30.2 Å². The maximum absolute atomic E-state index is 6.06. The van der Waals surface area contributed by atoms with E-state index in [0.29, 0.717) is 10.0 Å². The molecule has 1 rings (SSSR count). The normalized spacial score (nSPS) is 12.8. The lowest BCUT2D eigenvalue weighted by Crippen LogP contribution is -2.10. The van der Waals surface area contributed by atoms with E-state index < -0.39 is 0 Å². The fraction of sp³-hybridized carbons (Fsp3) is 0.500. The first-order valence-corrected chi connectivity index (χ1v) is 6.10. The van der Waals surface area contributed by atoms with Crippen molar-refractivity contribution >= 4 is 23.2 Å². The van der Waals surface area contributed by atoms with Crippen LogP contribution in [0.1, 0.15) is 44.2 Å². The van der Waals surface area contributed by atoms with E-state index in [4.69, 9.17) is 28.9 Å². The van der Waals surface area contributed by atoms with Gasteiger partial charge in [-0.15, -0.1) is 0 Å². The van der Waals surface area contributed by atoms with Crippen LogP contribution in [0, 0.1) is 0 Å². The predicted octanol–water partition coefficient (Wildman–Crippen LogP) is 4.57. The molecule has 0 aliphatic heterocycles. The molecule has 0 radical (unpaired) electrons. The van der Waals surface area contributed by atoms with Crippen molar-refractivity contribution in [2.45, 2.75) is 38.6 Å². The Bertz CT molecular complexity index is 292. The molecule has 84 valence electrons. The third kappa shape index (κ3) is 4.42. The highest BCUT2D eigenvalue weighted by molar-refractivity contribution is 6.34. The minimum atomic E-state index is 0.0488. The summed E-state index contributed by atoms with van der Waals surface area (Å²) in [6, 6.07) is 5.56. The first kappa shape index (κ1) is 12.8. The Balaban J connectivity index is 2.60. The SMILES string of the molecule is CCCCCC(N)c1cc(Cl)cc(Cl)c1. The molecule has 1 aromatic rings. The number of hydrogen-bond acceptors (Lipinski definition) is 1. The van der Waals surface area contributed by atoms with Crippen molar-refractivity contribution in [1.29, 1.82) is 0 Å². The van der Waals surface area contributed by atoms with Gasteiger partial charge in [0.2, 0.25) is 0 Å². The minimum Gasteiger partial charge on any atom is -0.324 e. The van der Waals surface area contributed by atoms with Gasteiger partial charge in [-0.2, -0.15) is 0 Å². The summed E-state index contributed by atoms with van der Waals surface area (Å²) >= 11 is 11.8. The van der Waals surface area contributed by atoms with Crippen LogP contribution in [0.2, 0.25) is 10.0 Å². The van der Waals surface area contributed by atoms with Crippen molar-refractivity contribution < 1.29 is 0 Å². The summed E-state index contributed by atoms with van der Waals surface area (Å²) in [6.07, 6.45) is 4.58. The Kier molecular flexibility index (Phi) is 5.44. The molecule has 0 aliphatic carbocycles. The van der Waals surface area contributed by atoms with Gasteiger partial charge in [-0.3, -0.25) is 0 Å². The molecule has 1 nitrogen and oxygen atoms in total. The molecular weight excluding hydrogens is 229 g/mol. The predicted molar refractivity (Wildman–Crippen MR) is 67.5 cm³/mol. The first-order chi connectivity index (χ1) is 7.13. The van der Waals surface area contributed by atoms with Crippen molar-refractivity contribution in [3.8, 4) is 0 Å². The summed E-state index contributed by atoms with van der Waals surface area (Å²) in [7, 11) is 0. The maximum atomic E-state index is 6.06. The molecule has 0 aliphatic rings. The quantitative estimate of drug-likeness (QED) is 0.756. The number of hydrogen-bond donors (Lipinski definition) is 1. The molecule has 0 bridgehead atoms. The molecule has 3 heteroatoms. The summed E-state index contributed by atoms with van der Waals surface area (Å²) in [5.41, 5.74) is 7.09. The van der Waals surface area contributed by atoms with E-state index in [0.717, 1.165) is 18.4 Å². The average molecular weight is 246 g/mol. The van der Waals surface area contributed by atoms with E-state index in [1.807, 2.05) is 12.1 Å². The lowest BCUT2D eigenvalue weighted by molar-refractivity contribution is 0.581. The Hall–Kier alpha value is -0.240. The maximum Gasteiger partial charge on any atom is 0.0424 e. The fourth-order valence-corrected chi connectivity index (χ4v) is 2.11. The molecule has 1 unspecified atom stereocenters. The van der Waals surface area contributed by atoms with Crippen LogP contribution in [0.4, 0.5) is 0 Å². The van der Waals surface area contributed by atoms with Gasteiger partial charge in [0, 0.05) is 16.1 Å². The van der Waals surface area contributed by atoms with E-state index in [1.165, 1.54) is 12.8 Å². The second-order valence-corrected chi connectivity index (χ2v) is 4.68. The molecule has 0 fully saturated rings. The Labute approximate surface area is 102 Å². The number of benzene rings is 1. The Morgan fingerprint density at radius 2 is 1.73 bits per heavy atom. The van der Waals surface area contributed by atoms with E-state index in [9.17, 15) is 0 Å². The van der Waals surface area contributed by atoms with Gasteiger partial charge >= 0.3 is 0 Å². The van der Waals surface area contributed by atoms with E-state index in [1.54, 1.807) is 6.07 Å². The van der Waals surface area contributed by atoms with Gasteiger partial charge in [0.1, 0.15) is 0 Å². The van der Waals surface area contributed by atoms with Gasteiger partial charge < -0.3 is 5.73 Å². The standard InChI is InChI=1S/C12H17Cl2N/c1-2-3-4-5-12(15)9-6-10(13)8-11(14)7-9/h6-8,12H,2-5,15H2,1H3.